The summed E-state index contributed by atoms with van der Waals surface area (Å²) in [5, 5.41) is 3.64. The Morgan fingerprint density at radius 1 is 1.44 bits per heavy atom. The number of hydrogen-bond acceptors (Lipinski definition) is 2. The van der Waals surface area contributed by atoms with Crippen molar-refractivity contribution in [1.82, 2.24) is 5.32 Å². The van der Waals surface area contributed by atoms with Crippen LogP contribution in [0.2, 0.25) is 5.02 Å². The van der Waals surface area contributed by atoms with Gasteiger partial charge in [-0.1, -0.05) is 44.5 Å². The highest BCUT2D eigenvalue weighted by molar-refractivity contribution is 6.30. The van der Waals surface area contributed by atoms with Crippen LogP contribution in [0.15, 0.2) is 24.3 Å². The molecular formula is C14H21ClN2O. The molecule has 3 N–H and O–H groups in total. The Kier molecular flexibility index (Phi) is 5.63. The number of benzene rings is 1. The molecule has 0 aliphatic rings. The zero-order valence-corrected chi connectivity index (χ0v) is 11.9. The van der Waals surface area contributed by atoms with Gasteiger partial charge in [-0.15, -0.1) is 0 Å². The Morgan fingerprint density at radius 3 is 2.61 bits per heavy atom. The van der Waals surface area contributed by atoms with Crippen molar-refractivity contribution in [2.45, 2.75) is 39.3 Å². The van der Waals surface area contributed by atoms with Crippen molar-refractivity contribution in [1.29, 1.82) is 0 Å². The molecule has 0 fully saturated rings. The minimum absolute atomic E-state index is 0.0407. The zero-order chi connectivity index (χ0) is 13.7. The minimum Gasteiger partial charge on any atom is -0.348 e. The van der Waals surface area contributed by atoms with Crippen molar-refractivity contribution in [3.8, 4) is 0 Å². The van der Waals surface area contributed by atoms with Crippen molar-refractivity contribution < 1.29 is 4.79 Å². The molecule has 0 saturated heterocycles. The highest BCUT2D eigenvalue weighted by atomic mass is 35.5. The molecule has 0 aliphatic carbocycles. The fourth-order valence-corrected chi connectivity index (χ4v) is 1.91. The summed E-state index contributed by atoms with van der Waals surface area (Å²) in [5.74, 6) is 0.0127. The van der Waals surface area contributed by atoms with Crippen molar-refractivity contribution >= 4 is 17.5 Å². The van der Waals surface area contributed by atoms with Gasteiger partial charge in [-0.2, -0.15) is 0 Å². The van der Waals surface area contributed by atoms with E-state index in [1.54, 1.807) is 0 Å². The highest BCUT2D eigenvalue weighted by Crippen LogP contribution is 2.20. The van der Waals surface area contributed by atoms with E-state index in [0.717, 1.165) is 12.0 Å². The number of carbonyl (C=O) groups excluding carboxylic acids is 1. The molecule has 100 valence electrons. The third-order valence-corrected chi connectivity index (χ3v) is 3.23. The molecule has 1 aromatic rings. The van der Waals surface area contributed by atoms with E-state index in [-0.39, 0.29) is 17.9 Å². The summed E-state index contributed by atoms with van der Waals surface area (Å²) < 4.78 is 0. The molecule has 1 amide bonds. The molecule has 1 aromatic carbocycles. The fourth-order valence-electron chi connectivity index (χ4n) is 1.72. The van der Waals surface area contributed by atoms with Gasteiger partial charge in [-0.3, -0.25) is 4.79 Å². The van der Waals surface area contributed by atoms with E-state index >= 15 is 0 Å². The van der Waals surface area contributed by atoms with Crippen molar-refractivity contribution in [3.63, 3.8) is 0 Å². The maximum atomic E-state index is 11.9. The number of nitrogens with one attached hydrogen (secondary N) is 1. The Hall–Kier alpha value is -1.06. The molecule has 0 spiro atoms. The maximum absolute atomic E-state index is 11.9. The third kappa shape index (κ3) is 4.00. The maximum Gasteiger partial charge on any atom is 0.237 e. The van der Waals surface area contributed by atoms with Gasteiger partial charge >= 0.3 is 0 Å². The molecule has 0 aliphatic heterocycles. The average Bonchev–Trinajstić information content (AvgIpc) is 2.34. The van der Waals surface area contributed by atoms with E-state index in [2.05, 4.69) is 5.32 Å². The largest absolute Gasteiger partial charge is 0.348 e. The summed E-state index contributed by atoms with van der Waals surface area (Å²) in [7, 11) is 0. The first-order valence-electron chi connectivity index (χ1n) is 6.27. The summed E-state index contributed by atoms with van der Waals surface area (Å²) in [6, 6.07) is 7.02. The second-order valence-electron chi connectivity index (χ2n) is 4.79. The summed E-state index contributed by atoms with van der Waals surface area (Å²) in [4.78, 5) is 11.9. The lowest BCUT2D eigenvalue weighted by Gasteiger charge is -2.22. The predicted molar refractivity (Wildman–Crippen MR) is 75.4 cm³/mol. The Bertz CT molecular complexity index is 407. The molecule has 1 unspecified atom stereocenters. The van der Waals surface area contributed by atoms with E-state index in [1.165, 1.54) is 0 Å². The van der Waals surface area contributed by atoms with Gasteiger partial charge in [0.2, 0.25) is 5.91 Å². The molecular weight excluding hydrogens is 248 g/mol. The summed E-state index contributed by atoms with van der Waals surface area (Å²) in [6.07, 6.45) is 0.802. The average molecular weight is 269 g/mol. The lowest BCUT2D eigenvalue weighted by atomic mass is 10.0. The molecule has 3 nitrogen and oxygen atoms in total. The normalized spacial score (nSPS) is 14.3. The van der Waals surface area contributed by atoms with Crippen molar-refractivity contribution in [2.75, 3.05) is 0 Å². The van der Waals surface area contributed by atoms with E-state index in [4.69, 9.17) is 17.3 Å². The van der Waals surface area contributed by atoms with Gasteiger partial charge < -0.3 is 11.1 Å². The second-order valence-corrected chi connectivity index (χ2v) is 5.23. The fraction of sp³-hybridized carbons (Fsp3) is 0.500. The highest BCUT2D eigenvalue weighted by Gasteiger charge is 2.20. The van der Waals surface area contributed by atoms with Crippen LogP contribution >= 0.6 is 11.6 Å². The Balaban J connectivity index is 2.76. The van der Waals surface area contributed by atoms with Crippen LogP contribution in [0.1, 0.15) is 38.8 Å². The van der Waals surface area contributed by atoms with Gasteiger partial charge in [0.25, 0.3) is 0 Å². The minimum atomic E-state index is -0.474. The first kappa shape index (κ1) is 15.0. The molecule has 1 rings (SSSR count). The smallest absolute Gasteiger partial charge is 0.237 e. The van der Waals surface area contributed by atoms with Gasteiger partial charge in [-0.05, 0) is 30.0 Å². The van der Waals surface area contributed by atoms with E-state index in [9.17, 15) is 4.79 Å². The molecule has 0 radical (unpaired) electrons. The standard InChI is InChI=1S/C14H21ClN2O/c1-4-12(10-6-5-7-11(15)8-10)17-14(18)13(16)9(2)3/h5-9,12-13H,4,16H2,1-3H3,(H,17,18)/t12?,13-/m0/s1. The number of rotatable bonds is 5. The van der Waals surface area contributed by atoms with E-state index in [0.29, 0.717) is 5.02 Å². The Morgan fingerprint density at radius 2 is 2.11 bits per heavy atom. The predicted octanol–water partition coefficient (Wildman–Crippen LogP) is 2.89. The SMILES string of the molecule is CCC(NC(=O)[C@@H](N)C(C)C)c1cccc(Cl)c1. The first-order valence-corrected chi connectivity index (χ1v) is 6.65. The van der Waals surface area contributed by atoms with Gasteiger partial charge in [0.15, 0.2) is 0 Å². The molecule has 2 atom stereocenters. The summed E-state index contributed by atoms with van der Waals surface area (Å²) >= 11 is 5.96. The van der Waals surface area contributed by atoms with Crippen LogP contribution in [0.25, 0.3) is 0 Å². The molecule has 18 heavy (non-hydrogen) atoms. The van der Waals surface area contributed by atoms with Crippen LogP contribution in [0.4, 0.5) is 0 Å². The van der Waals surface area contributed by atoms with Gasteiger partial charge in [0.05, 0.1) is 12.1 Å². The second kappa shape index (κ2) is 6.76. The van der Waals surface area contributed by atoms with E-state index in [1.807, 2.05) is 45.0 Å². The van der Waals surface area contributed by atoms with Crippen molar-refractivity contribution in [2.24, 2.45) is 11.7 Å². The quantitative estimate of drug-likeness (QED) is 0.863. The molecule has 4 heteroatoms. The molecule has 0 saturated carbocycles. The van der Waals surface area contributed by atoms with Crippen LogP contribution in [0.3, 0.4) is 0 Å². The number of nitrogens with two attached hydrogens (primary N) is 1. The number of carbonyl (C=O) groups is 1. The summed E-state index contributed by atoms with van der Waals surface area (Å²) in [6.45, 7) is 5.89. The summed E-state index contributed by atoms with van der Waals surface area (Å²) in [5.41, 5.74) is 6.84. The topological polar surface area (TPSA) is 55.1 Å². The molecule has 0 bridgehead atoms. The monoisotopic (exact) mass is 268 g/mol. The van der Waals surface area contributed by atoms with Crippen LogP contribution in [-0.2, 0) is 4.79 Å². The molecule has 0 aromatic heterocycles. The van der Waals surface area contributed by atoms with Gasteiger partial charge in [0, 0.05) is 5.02 Å². The number of amides is 1. The van der Waals surface area contributed by atoms with Crippen LogP contribution in [0.5, 0.6) is 0 Å². The third-order valence-electron chi connectivity index (χ3n) is 3.00. The lowest BCUT2D eigenvalue weighted by molar-refractivity contribution is -0.124. The van der Waals surface area contributed by atoms with E-state index < -0.39 is 6.04 Å². The van der Waals surface area contributed by atoms with Crippen LogP contribution < -0.4 is 11.1 Å². The number of halogens is 1. The molecule has 0 heterocycles. The van der Waals surface area contributed by atoms with Gasteiger partial charge in [0.1, 0.15) is 0 Å². The van der Waals surface area contributed by atoms with Crippen molar-refractivity contribution in [3.05, 3.63) is 34.9 Å². The van der Waals surface area contributed by atoms with Crippen LogP contribution in [0, 0.1) is 5.92 Å². The lowest BCUT2D eigenvalue weighted by Crippen LogP contribution is -2.45. The zero-order valence-electron chi connectivity index (χ0n) is 11.1. The van der Waals surface area contributed by atoms with Gasteiger partial charge in [-0.25, -0.2) is 0 Å². The van der Waals surface area contributed by atoms with Crippen LogP contribution in [-0.4, -0.2) is 11.9 Å². The number of hydrogen-bond donors (Lipinski definition) is 2. The first-order chi connectivity index (χ1) is 8.45. The Labute approximate surface area is 114 Å².